The first-order valence-corrected chi connectivity index (χ1v) is 22.0. The Balaban J connectivity index is 1.16. The SMILES string of the molecule is CNC(C)C(=O)NC(C(=O)N1CC(F)CC1Cc1c(-c2nc3cc(F)ccc3n2CC2CC(F)CN2C(=O)C(NC(=O)C(C)NC)C2CCC2)[nH]c2cc(F)ccc12)C1CCC1. The van der Waals surface area contributed by atoms with Gasteiger partial charge < -0.3 is 40.6 Å². The molecule has 334 valence electrons. The largest absolute Gasteiger partial charge is 0.352 e. The van der Waals surface area contributed by atoms with Gasteiger partial charge in [0, 0.05) is 42.4 Å². The van der Waals surface area contributed by atoms with Crippen molar-refractivity contribution in [1.29, 1.82) is 0 Å². The summed E-state index contributed by atoms with van der Waals surface area (Å²) in [7, 11) is 3.31. The summed E-state index contributed by atoms with van der Waals surface area (Å²) >= 11 is 0. The Hall–Kier alpha value is -5.03. The Morgan fingerprint density at radius 2 is 1.31 bits per heavy atom. The van der Waals surface area contributed by atoms with Crippen LogP contribution in [0.1, 0.15) is 70.8 Å². The fourth-order valence-corrected chi connectivity index (χ4v) is 9.67. The number of hydrogen-bond acceptors (Lipinski definition) is 7. The minimum absolute atomic E-state index is 0.0118. The maximum absolute atomic E-state index is 15.6. The number of nitrogens with zero attached hydrogens (tertiary/aromatic N) is 4. The Morgan fingerprint density at radius 1 is 0.774 bits per heavy atom. The molecule has 4 fully saturated rings. The van der Waals surface area contributed by atoms with Crippen LogP contribution in [0.15, 0.2) is 36.4 Å². The lowest BCUT2D eigenvalue weighted by molar-refractivity contribution is -0.140. The number of aromatic nitrogens is 3. The van der Waals surface area contributed by atoms with E-state index in [0.717, 1.165) is 38.5 Å². The molecule has 2 aromatic carbocycles. The molecule has 5 N–H and O–H groups in total. The van der Waals surface area contributed by atoms with Gasteiger partial charge in [-0.15, -0.1) is 0 Å². The fraction of sp³-hybridized carbons (Fsp3) is 0.578. The van der Waals surface area contributed by atoms with E-state index in [2.05, 4.69) is 26.3 Å². The number of hydrogen-bond donors (Lipinski definition) is 5. The molecule has 4 aliphatic rings. The first kappa shape index (κ1) is 43.6. The van der Waals surface area contributed by atoms with Crippen LogP contribution in [0.3, 0.4) is 0 Å². The van der Waals surface area contributed by atoms with Crippen molar-refractivity contribution in [3.05, 3.63) is 53.6 Å². The predicted molar refractivity (Wildman–Crippen MR) is 226 cm³/mol. The van der Waals surface area contributed by atoms with Crippen molar-refractivity contribution in [2.75, 3.05) is 27.2 Å². The predicted octanol–water partition coefficient (Wildman–Crippen LogP) is 4.67. The van der Waals surface area contributed by atoms with Gasteiger partial charge in [-0.25, -0.2) is 22.5 Å². The summed E-state index contributed by atoms with van der Waals surface area (Å²) in [5.41, 5.74) is 2.27. The van der Waals surface area contributed by atoms with Gasteiger partial charge in [0.2, 0.25) is 23.6 Å². The van der Waals surface area contributed by atoms with Crippen molar-refractivity contribution in [2.45, 2.75) is 127 Å². The van der Waals surface area contributed by atoms with Crippen LogP contribution in [0.2, 0.25) is 0 Å². The monoisotopic (exact) mass is 863 g/mol. The van der Waals surface area contributed by atoms with Crippen molar-refractivity contribution < 1.29 is 36.7 Å². The number of likely N-dealkylation sites (tertiary alicyclic amines) is 2. The van der Waals surface area contributed by atoms with Crippen LogP contribution in [0.25, 0.3) is 33.5 Å². The standard InChI is InChI=1S/C45H57F4N9O4/c1-23(50-3)42(59)54-38(25-7-5-8-25)44(61)56-20-29(48)15-31(56)19-34-33-13-11-27(46)17-35(33)52-40(34)41-53-36-18-28(47)12-14-37(36)58(41)22-32-16-30(49)21-57(32)45(62)39(26-9-6-10-26)55-43(60)24(2)51-4/h11-14,17-18,23-26,29-32,38-39,50-52H,5-10,15-16,19-22H2,1-4H3,(H,54,59)(H,55,60). The maximum atomic E-state index is 15.6. The average molecular weight is 864 g/mol. The van der Waals surface area contributed by atoms with Gasteiger partial charge in [0.25, 0.3) is 0 Å². The number of rotatable bonds is 15. The van der Waals surface area contributed by atoms with Crippen molar-refractivity contribution >= 4 is 45.6 Å². The number of fused-ring (bicyclic) bond motifs is 2. The van der Waals surface area contributed by atoms with Crippen molar-refractivity contribution in [1.82, 2.24) is 45.6 Å². The second kappa shape index (κ2) is 18.0. The molecule has 13 nitrogen and oxygen atoms in total. The molecule has 2 aromatic heterocycles. The average Bonchev–Trinajstić information content (AvgIpc) is 3.96. The molecule has 0 radical (unpaired) electrons. The quantitative estimate of drug-likeness (QED) is 0.109. The Bertz CT molecular complexity index is 2170. The number of benzene rings is 2. The number of halogens is 4. The van der Waals surface area contributed by atoms with E-state index < -0.39 is 60.2 Å². The van der Waals surface area contributed by atoms with Gasteiger partial charge in [0.05, 0.1) is 47.9 Å². The highest BCUT2D eigenvalue weighted by atomic mass is 19.1. The van der Waals surface area contributed by atoms with E-state index in [1.807, 2.05) is 4.57 Å². The fourth-order valence-electron chi connectivity index (χ4n) is 9.67. The summed E-state index contributed by atoms with van der Waals surface area (Å²) in [6, 6.07) is 4.37. The molecule has 0 bridgehead atoms. The number of aromatic amines is 1. The van der Waals surface area contributed by atoms with Crippen LogP contribution in [0.5, 0.6) is 0 Å². The highest BCUT2D eigenvalue weighted by Crippen LogP contribution is 2.39. The summed E-state index contributed by atoms with van der Waals surface area (Å²) in [6.07, 6.45) is 2.39. The topological polar surface area (TPSA) is 156 Å². The van der Waals surface area contributed by atoms with E-state index in [0.29, 0.717) is 39.0 Å². The third-order valence-corrected chi connectivity index (χ3v) is 14.0. The molecule has 2 saturated heterocycles. The summed E-state index contributed by atoms with van der Waals surface area (Å²) < 4.78 is 62.7. The van der Waals surface area contributed by atoms with Crippen LogP contribution in [0.4, 0.5) is 17.6 Å². The van der Waals surface area contributed by atoms with E-state index in [-0.39, 0.29) is 74.4 Å². The first-order valence-electron chi connectivity index (χ1n) is 22.0. The van der Waals surface area contributed by atoms with Crippen LogP contribution < -0.4 is 21.3 Å². The Kier molecular flexibility index (Phi) is 12.7. The molecule has 8 rings (SSSR count). The lowest BCUT2D eigenvalue weighted by Gasteiger charge is -2.37. The molecule has 4 amide bonds. The molecular weight excluding hydrogens is 807 g/mol. The number of likely N-dealkylation sites (N-methyl/N-ethyl adjacent to an activating group) is 2. The van der Waals surface area contributed by atoms with E-state index in [1.54, 1.807) is 40.1 Å². The molecule has 17 heteroatoms. The zero-order chi connectivity index (χ0) is 44.0. The van der Waals surface area contributed by atoms with Crippen LogP contribution in [-0.4, -0.2) is 124 Å². The first-order chi connectivity index (χ1) is 29.7. The van der Waals surface area contributed by atoms with Gasteiger partial charge >= 0.3 is 0 Å². The van der Waals surface area contributed by atoms with E-state index in [1.165, 1.54) is 34.1 Å². The van der Waals surface area contributed by atoms with Crippen LogP contribution >= 0.6 is 0 Å². The highest BCUT2D eigenvalue weighted by molar-refractivity contribution is 5.93. The second-order valence-electron chi connectivity index (χ2n) is 17.9. The van der Waals surface area contributed by atoms with E-state index in [9.17, 15) is 28.0 Å². The van der Waals surface area contributed by atoms with Gasteiger partial charge in [-0.2, -0.15) is 0 Å². The lowest BCUT2D eigenvalue weighted by atomic mass is 9.79. The number of amides is 4. The summed E-state index contributed by atoms with van der Waals surface area (Å²) in [4.78, 5) is 66.3. The van der Waals surface area contributed by atoms with Gasteiger partial charge in [0.15, 0.2) is 5.82 Å². The molecule has 2 saturated carbocycles. The number of nitrogens with one attached hydrogen (secondary N) is 5. The Morgan fingerprint density at radius 3 is 1.85 bits per heavy atom. The van der Waals surface area contributed by atoms with Crippen molar-refractivity contribution in [3.8, 4) is 11.5 Å². The van der Waals surface area contributed by atoms with E-state index in [4.69, 9.17) is 4.98 Å². The third kappa shape index (κ3) is 8.53. The van der Waals surface area contributed by atoms with Gasteiger partial charge in [0.1, 0.15) is 36.1 Å². The highest BCUT2D eigenvalue weighted by Gasteiger charge is 2.45. The third-order valence-electron chi connectivity index (χ3n) is 14.0. The molecule has 62 heavy (non-hydrogen) atoms. The number of H-pyrrole nitrogens is 1. The molecule has 8 unspecified atom stereocenters. The second-order valence-corrected chi connectivity index (χ2v) is 17.9. The minimum atomic E-state index is -1.34. The Labute approximate surface area is 358 Å². The minimum Gasteiger partial charge on any atom is -0.352 e. The molecule has 4 aromatic rings. The molecule has 8 atom stereocenters. The number of alkyl halides is 2. The van der Waals surface area contributed by atoms with Crippen molar-refractivity contribution in [3.63, 3.8) is 0 Å². The van der Waals surface area contributed by atoms with Gasteiger partial charge in [-0.1, -0.05) is 12.8 Å². The summed E-state index contributed by atoms with van der Waals surface area (Å²) in [5.74, 6) is -2.25. The number of carbonyl (C=O) groups excluding carboxylic acids is 4. The normalized spacial score (nSPS) is 23.9. The molecular formula is C45H57F4N9O4. The zero-order valence-corrected chi connectivity index (χ0v) is 35.7. The molecule has 4 heterocycles. The van der Waals surface area contributed by atoms with Crippen molar-refractivity contribution in [2.24, 2.45) is 11.8 Å². The van der Waals surface area contributed by atoms with Gasteiger partial charge in [-0.05, 0) is 108 Å². The maximum Gasteiger partial charge on any atom is 0.245 e. The van der Waals surface area contributed by atoms with Gasteiger partial charge in [-0.3, -0.25) is 19.2 Å². The number of imidazole rings is 1. The van der Waals surface area contributed by atoms with E-state index >= 15 is 8.78 Å². The van der Waals surface area contributed by atoms with Crippen LogP contribution in [-0.2, 0) is 32.1 Å². The van der Waals surface area contributed by atoms with Crippen LogP contribution in [0, 0.1) is 23.5 Å². The molecule has 2 aliphatic heterocycles. The zero-order valence-electron chi connectivity index (χ0n) is 35.7. The molecule has 2 aliphatic carbocycles. The smallest absolute Gasteiger partial charge is 0.245 e. The summed E-state index contributed by atoms with van der Waals surface area (Å²) in [6.45, 7) is 3.14. The molecule has 0 spiro atoms. The summed E-state index contributed by atoms with van der Waals surface area (Å²) in [5, 5.41) is 12.3. The lowest BCUT2D eigenvalue weighted by Crippen LogP contribution is -2.57. The number of carbonyl (C=O) groups is 4.